The molecule has 19 heavy (non-hydrogen) atoms. The lowest BCUT2D eigenvalue weighted by atomic mass is 10.5. The SMILES string of the molecule is CCN(CC)C(=O)CSc1nc(=O)ccn1C1CC1. The zero-order valence-corrected chi connectivity index (χ0v) is 12.2. The van der Waals surface area contributed by atoms with Crippen LogP contribution < -0.4 is 5.56 Å². The molecule has 2 rings (SSSR count). The highest BCUT2D eigenvalue weighted by Crippen LogP contribution is 2.36. The van der Waals surface area contributed by atoms with Gasteiger partial charge in [0.1, 0.15) is 0 Å². The number of thioether (sulfide) groups is 1. The van der Waals surface area contributed by atoms with Crippen molar-refractivity contribution in [2.75, 3.05) is 18.8 Å². The van der Waals surface area contributed by atoms with Gasteiger partial charge in [0.15, 0.2) is 5.16 Å². The molecular formula is C13H19N3O2S. The van der Waals surface area contributed by atoms with Crippen LogP contribution in [0.15, 0.2) is 22.2 Å². The van der Waals surface area contributed by atoms with Gasteiger partial charge in [-0.1, -0.05) is 11.8 Å². The summed E-state index contributed by atoms with van der Waals surface area (Å²) in [5, 5.41) is 0.663. The lowest BCUT2D eigenvalue weighted by Crippen LogP contribution is -2.32. The van der Waals surface area contributed by atoms with Gasteiger partial charge in [-0.2, -0.15) is 4.98 Å². The summed E-state index contributed by atoms with van der Waals surface area (Å²) in [5.74, 6) is 0.431. The summed E-state index contributed by atoms with van der Waals surface area (Å²) in [6, 6.07) is 1.94. The van der Waals surface area contributed by atoms with Crippen molar-refractivity contribution in [2.24, 2.45) is 0 Å². The first-order chi connectivity index (χ1) is 9.15. The van der Waals surface area contributed by atoms with Crippen molar-refractivity contribution < 1.29 is 4.79 Å². The number of amides is 1. The van der Waals surface area contributed by atoms with Gasteiger partial charge in [0.25, 0.3) is 5.56 Å². The predicted molar refractivity (Wildman–Crippen MR) is 75.4 cm³/mol. The van der Waals surface area contributed by atoms with Crippen LogP contribution in [0.25, 0.3) is 0 Å². The zero-order chi connectivity index (χ0) is 13.8. The molecule has 0 radical (unpaired) electrons. The van der Waals surface area contributed by atoms with Crippen LogP contribution in [0.5, 0.6) is 0 Å². The lowest BCUT2D eigenvalue weighted by Gasteiger charge is -2.18. The first-order valence-electron chi connectivity index (χ1n) is 6.65. The van der Waals surface area contributed by atoms with E-state index in [1.165, 1.54) is 17.8 Å². The third-order valence-electron chi connectivity index (χ3n) is 3.19. The smallest absolute Gasteiger partial charge is 0.273 e. The van der Waals surface area contributed by atoms with Crippen LogP contribution >= 0.6 is 11.8 Å². The Morgan fingerprint density at radius 3 is 2.74 bits per heavy atom. The quantitative estimate of drug-likeness (QED) is 0.586. The molecule has 1 aliphatic rings. The summed E-state index contributed by atoms with van der Waals surface area (Å²) in [4.78, 5) is 29.1. The highest BCUT2D eigenvalue weighted by atomic mass is 32.2. The van der Waals surface area contributed by atoms with Crippen LogP contribution in [0.4, 0.5) is 0 Å². The Labute approximate surface area is 117 Å². The zero-order valence-electron chi connectivity index (χ0n) is 11.3. The largest absolute Gasteiger partial charge is 0.343 e. The molecule has 0 aliphatic heterocycles. The van der Waals surface area contributed by atoms with E-state index in [0.29, 0.717) is 30.0 Å². The number of nitrogens with zero attached hydrogens (tertiary/aromatic N) is 3. The average molecular weight is 281 g/mol. The molecule has 0 saturated heterocycles. The molecule has 1 aromatic heterocycles. The Morgan fingerprint density at radius 2 is 2.16 bits per heavy atom. The number of hydrogen-bond donors (Lipinski definition) is 0. The topological polar surface area (TPSA) is 55.2 Å². The van der Waals surface area contributed by atoms with Crippen molar-refractivity contribution >= 4 is 17.7 Å². The highest BCUT2D eigenvalue weighted by molar-refractivity contribution is 7.99. The molecule has 1 aliphatic carbocycles. The van der Waals surface area contributed by atoms with Gasteiger partial charge in [-0.3, -0.25) is 9.59 Å². The van der Waals surface area contributed by atoms with E-state index in [0.717, 1.165) is 12.8 Å². The standard InChI is InChI=1S/C13H19N3O2S/c1-3-15(4-2)12(18)9-19-13-14-11(17)7-8-16(13)10-5-6-10/h7-8,10H,3-6,9H2,1-2H3. The maximum Gasteiger partial charge on any atom is 0.273 e. The molecule has 1 heterocycles. The summed E-state index contributed by atoms with van der Waals surface area (Å²) in [5.41, 5.74) is -0.241. The second-order valence-corrected chi connectivity index (χ2v) is 5.48. The fraction of sp³-hybridized carbons (Fsp3) is 0.615. The molecule has 0 atom stereocenters. The first kappa shape index (κ1) is 14.1. The van der Waals surface area contributed by atoms with E-state index in [9.17, 15) is 9.59 Å². The summed E-state index contributed by atoms with van der Waals surface area (Å²) < 4.78 is 2.02. The fourth-order valence-electron chi connectivity index (χ4n) is 1.93. The van der Waals surface area contributed by atoms with Gasteiger partial charge in [0.2, 0.25) is 5.91 Å². The van der Waals surface area contributed by atoms with Gasteiger partial charge in [0.05, 0.1) is 5.75 Å². The Balaban J connectivity index is 2.04. The van der Waals surface area contributed by atoms with Gasteiger partial charge < -0.3 is 9.47 Å². The number of hydrogen-bond acceptors (Lipinski definition) is 4. The van der Waals surface area contributed by atoms with Crippen LogP contribution in [-0.4, -0.2) is 39.2 Å². The molecule has 1 fully saturated rings. The van der Waals surface area contributed by atoms with E-state index in [2.05, 4.69) is 4.98 Å². The minimum absolute atomic E-state index is 0.0930. The van der Waals surface area contributed by atoms with Crippen molar-refractivity contribution in [1.82, 2.24) is 14.5 Å². The van der Waals surface area contributed by atoms with Crippen LogP contribution in [0.3, 0.4) is 0 Å². The maximum absolute atomic E-state index is 12.0. The molecule has 6 heteroatoms. The van der Waals surface area contributed by atoms with Gasteiger partial charge >= 0.3 is 0 Å². The molecular weight excluding hydrogens is 262 g/mol. The molecule has 104 valence electrons. The lowest BCUT2D eigenvalue weighted by molar-refractivity contribution is -0.127. The maximum atomic E-state index is 12.0. The monoisotopic (exact) mass is 281 g/mol. The highest BCUT2D eigenvalue weighted by Gasteiger charge is 2.25. The van der Waals surface area contributed by atoms with Crippen LogP contribution in [0.2, 0.25) is 0 Å². The minimum atomic E-state index is -0.241. The van der Waals surface area contributed by atoms with E-state index in [-0.39, 0.29) is 11.5 Å². The molecule has 0 aromatic carbocycles. The molecule has 1 aromatic rings. The van der Waals surface area contributed by atoms with E-state index in [1.54, 1.807) is 11.1 Å². The number of aromatic nitrogens is 2. The minimum Gasteiger partial charge on any atom is -0.343 e. The van der Waals surface area contributed by atoms with E-state index in [1.807, 2.05) is 18.4 Å². The van der Waals surface area contributed by atoms with Crippen LogP contribution in [0.1, 0.15) is 32.7 Å². The number of rotatable bonds is 6. The van der Waals surface area contributed by atoms with E-state index in [4.69, 9.17) is 0 Å². The summed E-state index contributed by atoms with van der Waals surface area (Å²) in [6.07, 6.45) is 4.04. The molecule has 1 amide bonds. The third kappa shape index (κ3) is 3.59. The number of carbonyl (C=O) groups is 1. The Kier molecular flexibility index (Phi) is 4.63. The molecule has 0 bridgehead atoms. The first-order valence-corrected chi connectivity index (χ1v) is 7.64. The van der Waals surface area contributed by atoms with Crippen LogP contribution in [-0.2, 0) is 4.79 Å². The van der Waals surface area contributed by atoms with Crippen molar-refractivity contribution in [3.05, 3.63) is 22.6 Å². The number of carbonyl (C=O) groups excluding carboxylic acids is 1. The molecule has 0 N–H and O–H groups in total. The molecule has 5 nitrogen and oxygen atoms in total. The Hall–Kier alpha value is -1.30. The van der Waals surface area contributed by atoms with Gasteiger partial charge in [0, 0.05) is 31.4 Å². The van der Waals surface area contributed by atoms with E-state index >= 15 is 0 Å². The van der Waals surface area contributed by atoms with Crippen molar-refractivity contribution in [3.8, 4) is 0 Å². The third-order valence-corrected chi connectivity index (χ3v) is 4.14. The fourth-order valence-corrected chi connectivity index (χ4v) is 2.88. The summed E-state index contributed by atoms with van der Waals surface area (Å²) >= 11 is 1.36. The molecule has 0 spiro atoms. The predicted octanol–water partition coefficient (Wildman–Crippen LogP) is 1.54. The Bertz CT molecular complexity index is 507. The van der Waals surface area contributed by atoms with E-state index < -0.39 is 0 Å². The van der Waals surface area contributed by atoms with Gasteiger partial charge in [-0.25, -0.2) is 0 Å². The Morgan fingerprint density at radius 1 is 1.47 bits per heavy atom. The second kappa shape index (κ2) is 6.23. The molecule has 1 saturated carbocycles. The van der Waals surface area contributed by atoms with Crippen molar-refractivity contribution in [3.63, 3.8) is 0 Å². The van der Waals surface area contributed by atoms with Crippen molar-refractivity contribution in [1.29, 1.82) is 0 Å². The average Bonchev–Trinajstić information content (AvgIpc) is 3.22. The van der Waals surface area contributed by atoms with Crippen molar-refractivity contribution in [2.45, 2.75) is 37.9 Å². The van der Waals surface area contributed by atoms with Crippen LogP contribution in [0, 0.1) is 0 Å². The second-order valence-electron chi connectivity index (χ2n) is 4.54. The van der Waals surface area contributed by atoms with Gasteiger partial charge in [-0.05, 0) is 26.7 Å². The van der Waals surface area contributed by atoms with Gasteiger partial charge in [-0.15, -0.1) is 0 Å². The normalized spacial score (nSPS) is 14.4. The summed E-state index contributed by atoms with van der Waals surface area (Å²) in [6.45, 7) is 5.36. The molecule has 0 unspecified atom stereocenters. The summed E-state index contributed by atoms with van der Waals surface area (Å²) in [7, 11) is 0.